The zero-order valence-electron chi connectivity index (χ0n) is 18.7. The second-order valence-electron chi connectivity index (χ2n) is 8.10. The van der Waals surface area contributed by atoms with Gasteiger partial charge >= 0.3 is 0 Å². The summed E-state index contributed by atoms with van der Waals surface area (Å²) in [5.41, 5.74) is 3.51. The summed E-state index contributed by atoms with van der Waals surface area (Å²) in [6, 6.07) is 14.1. The average molecular weight is 455 g/mol. The molecule has 170 valence electrons. The number of amides is 1. The highest BCUT2D eigenvalue weighted by molar-refractivity contribution is 5.94. The summed E-state index contributed by atoms with van der Waals surface area (Å²) in [6.45, 7) is 2.60. The third-order valence-electron chi connectivity index (χ3n) is 5.98. The fourth-order valence-electron chi connectivity index (χ4n) is 4.35. The Morgan fingerprint density at radius 2 is 2.03 bits per heavy atom. The summed E-state index contributed by atoms with van der Waals surface area (Å²) in [4.78, 5) is 23.6. The molecular weight excluding hydrogens is 431 g/mol. The van der Waals surface area contributed by atoms with Gasteiger partial charge in [-0.3, -0.25) is 14.2 Å². The van der Waals surface area contributed by atoms with Crippen molar-refractivity contribution in [2.45, 2.75) is 32.4 Å². The number of ether oxygens (including phenoxy) is 1. The van der Waals surface area contributed by atoms with E-state index >= 15 is 0 Å². The minimum Gasteiger partial charge on any atom is -0.486 e. The molecule has 1 amide bonds. The number of benzene rings is 2. The quantitative estimate of drug-likeness (QED) is 0.407. The van der Waals surface area contributed by atoms with Crippen LogP contribution in [-0.2, 0) is 11.4 Å². The first-order chi connectivity index (χ1) is 16.7. The predicted molar refractivity (Wildman–Crippen MR) is 126 cm³/mol. The molecule has 1 saturated heterocycles. The monoisotopic (exact) mass is 454 g/mol. The van der Waals surface area contributed by atoms with Gasteiger partial charge in [-0.2, -0.15) is 0 Å². The first-order valence-corrected chi connectivity index (χ1v) is 11.2. The van der Waals surface area contributed by atoms with Crippen molar-refractivity contribution in [2.75, 3.05) is 6.54 Å². The number of carbonyl (C=O) groups is 1. The van der Waals surface area contributed by atoms with E-state index in [2.05, 4.69) is 16.8 Å². The van der Waals surface area contributed by atoms with Crippen LogP contribution >= 0.6 is 0 Å². The van der Waals surface area contributed by atoms with Gasteiger partial charge in [-0.15, -0.1) is 0 Å². The summed E-state index contributed by atoms with van der Waals surface area (Å²) >= 11 is 0. The fraction of sp³-hybridized carbons (Fsp3) is 0.222. The number of aromatic nitrogens is 3. The maximum Gasteiger partial charge on any atom is 0.299 e. The maximum atomic E-state index is 13.8. The van der Waals surface area contributed by atoms with Crippen molar-refractivity contribution in [3.8, 4) is 28.8 Å². The molecule has 1 fully saturated rings. The summed E-state index contributed by atoms with van der Waals surface area (Å²) in [7, 11) is 0. The minimum atomic E-state index is -0.381. The van der Waals surface area contributed by atoms with Crippen LogP contribution in [0.3, 0.4) is 0 Å². The number of fused-ring (bicyclic) bond motifs is 1. The van der Waals surface area contributed by atoms with Crippen LogP contribution in [0.15, 0.2) is 67.1 Å². The van der Waals surface area contributed by atoms with E-state index in [1.807, 2.05) is 34.9 Å². The van der Waals surface area contributed by atoms with Gasteiger partial charge < -0.3 is 9.64 Å². The molecule has 0 radical (unpaired) electrons. The molecule has 0 bridgehead atoms. The Morgan fingerprint density at radius 3 is 2.82 bits per heavy atom. The number of imidazole rings is 1. The van der Waals surface area contributed by atoms with Crippen molar-refractivity contribution in [1.29, 1.82) is 0 Å². The number of rotatable bonds is 5. The lowest BCUT2D eigenvalue weighted by Gasteiger charge is -2.21. The molecule has 1 unspecified atom stereocenters. The Hall–Kier alpha value is -4.18. The van der Waals surface area contributed by atoms with Crippen LogP contribution in [0.1, 0.15) is 37.2 Å². The number of carbonyl (C=O) groups excluding carboxylic acids is 1. The van der Waals surface area contributed by atoms with Crippen LogP contribution in [0, 0.1) is 17.7 Å². The zero-order valence-corrected chi connectivity index (χ0v) is 18.7. The number of hydrogen-bond donors (Lipinski definition) is 0. The Kier molecular flexibility index (Phi) is 5.96. The fourth-order valence-corrected chi connectivity index (χ4v) is 4.35. The Morgan fingerprint density at radius 1 is 1.21 bits per heavy atom. The average Bonchev–Trinajstić information content (AvgIpc) is 3.49. The number of likely N-dealkylation sites (tertiary alicyclic amines) is 1. The van der Waals surface area contributed by atoms with Gasteiger partial charge in [-0.05, 0) is 43.4 Å². The Labute approximate surface area is 197 Å². The van der Waals surface area contributed by atoms with Crippen LogP contribution in [0.5, 0.6) is 5.75 Å². The number of para-hydroxylation sites is 1. The molecular formula is C27H23FN4O2. The summed E-state index contributed by atoms with van der Waals surface area (Å²) in [5, 5.41) is 0. The molecule has 1 aliphatic heterocycles. The largest absolute Gasteiger partial charge is 0.486 e. The standard InChI is InChI=1S/C27H23FN4O2/c1-2-6-25(33)31-15-5-8-22(31)27-30-26(23-17-29-14-16-32(23)27)20-12-10-19(11-13-20)18-34-24-9-4-3-7-21(24)28/h3-4,7,9-14,16-17,22H,5,8,15,18H2,1H3. The highest BCUT2D eigenvalue weighted by atomic mass is 19.1. The van der Waals surface area contributed by atoms with Crippen molar-refractivity contribution in [2.24, 2.45) is 0 Å². The third kappa shape index (κ3) is 4.11. The highest BCUT2D eigenvalue weighted by Gasteiger charge is 2.33. The number of nitrogens with zero attached hydrogens (tertiary/aromatic N) is 4. The lowest BCUT2D eigenvalue weighted by molar-refractivity contribution is -0.126. The molecule has 34 heavy (non-hydrogen) atoms. The second-order valence-corrected chi connectivity index (χ2v) is 8.10. The maximum absolute atomic E-state index is 13.8. The van der Waals surface area contributed by atoms with Gasteiger partial charge in [0.25, 0.3) is 5.91 Å². The van der Waals surface area contributed by atoms with E-state index in [0.717, 1.165) is 41.0 Å². The van der Waals surface area contributed by atoms with Crippen LogP contribution in [0.2, 0.25) is 0 Å². The van der Waals surface area contributed by atoms with Gasteiger partial charge in [0, 0.05) is 24.5 Å². The Balaban J connectivity index is 1.43. The minimum absolute atomic E-state index is 0.134. The van der Waals surface area contributed by atoms with E-state index in [0.29, 0.717) is 6.54 Å². The predicted octanol–water partition coefficient (Wildman–Crippen LogP) is 4.80. The molecule has 6 nitrogen and oxygen atoms in total. The van der Waals surface area contributed by atoms with E-state index < -0.39 is 0 Å². The van der Waals surface area contributed by atoms with Crippen LogP contribution < -0.4 is 4.74 Å². The van der Waals surface area contributed by atoms with Crippen molar-refractivity contribution >= 4 is 11.4 Å². The van der Waals surface area contributed by atoms with Crippen molar-refractivity contribution in [3.63, 3.8) is 0 Å². The van der Waals surface area contributed by atoms with E-state index in [4.69, 9.17) is 9.72 Å². The lowest BCUT2D eigenvalue weighted by Crippen LogP contribution is -2.30. The van der Waals surface area contributed by atoms with Crippen LogP contribution in [0.25, 0.3) is 16.8 Å². The van der Waals surface area contributed by atoms with Gasteiger partial charge in [-0.25, -0.2) is 9.37 Å². The molecule has 1 aliphatic rings. The van der Waals surface area contributed by atoms with Gasteiger partial charge in [-0.1, -0.05) is 42.3 Å². The molecule has 4 aromatic rings. The molecule has 0 spiro atoms. The molecule has 0 aliphatic carbocycles. The first-order valence-electron chi connectivity index (χ1n) is 11.2. The van der Waals surface area contributed by atoms with Crippen molar-refractivity contribution < 1.29 is 13.9 Å². The molecule has 2 aromatic heterocycles. The molecule has 1 atom stereocenters. The SMILES string of the molecule is CC#CC(=O)N1CCCC1c1nc(-c2ccc(COc3ccccc3F)cc2)c2cnccn12. The summed E-state index contributed by atoms with van der Waals surface area (Å²) < 4.78 is 21.4. The van der Waals surface area contributed by atoms with Crippen molar-refractivity contribution in [1.82, 2.24) is 19.3 Å². The third-order valence-corrected chi connectivity index (χ3v) is 5.98. The second kappa shape index (κ2) is 9.36. The lowest BCUT2D eigenvalue weighted by atomic mass is 10.1. The highest BCUT2D eigenvalue weighted by Crippen LogP contribution is 2.35. The van der Waals surface area contributed by atoms with Gasteiger partial charge in [0.2, 0.25) is 0 Å². The molecule has 5 rings (SSSR count). The van der Waals surface area contributed by atoms with E-state index in [1.54, 1.807) is 42.4 Å². The normalized spacial score (nSPS) is 15.2. The van der Waals surface area contributed by atoms with E-state index in [1.165, 1.54) is 6.07 Å². The summed E-state index contributed by atoms with van der Waals surface area (Å²) in [5.74, 6) is 5.85. The van der Waals surface area contributed by atoms with Crippen LogP contribution in [-0.4, -0.2) is 31.7 Å². The molecule has 2 aromatic carbocycles. The van der Waals surface area contributed by atoms with E-state index in [-0.39, 0.29) is 30.1 Å². The summed E-state index contributed by atoms with van der Waals surface area (Å²) in [6.07, 6.45) is 7.13. The topological polar surface area (TPSA) is 59.7 Å². The molecule has 7 heteroatoms. The zero-order chi connectivity index (χ0) is 23.5. The smallest absolute Gasteiger partial charge is 0.299 e. The molecule has 0 N–H and O–H groups in total. The molecule has 3 heterocycles. The van der Waals surface area contributed by atoms with Crippen LogP contribution in [0.4, 0.5) is 4.39 Å². The van der Waals surface area contributed by atoms with E-state index in [9.17, 15) is 9.18 Å². The number of hydrogen-bond acceptors (Lipinski definition) is 4. The first kappa shape index (κ1) is 21.7. The Bertz CT molecular complexity index is 1400. The van der Waals surface area contributed by atoms with Gasteiger partial charge in [0.1, 0.15) is 12.4 Å². The number of halogens is 1. The van der Waals surface area contributed by atoms with Crippen molar-refractivity contribution in [3.05, 3.63) is 84.3 Å². The van der Waals surface area contributed by atoms with Gasteiger partial charge in [0.05, 0.1) is 23.4 Å². The molecule has 0 saturated carbocycles. The van der Waals surface area contributed by atoms with Gasteiger partial charge in [0.15, 0.2) is 11.6 Å².